The normalized spacial score (nSPS) is 11.9. The van der Waals surface area contributed by atoms with Crippen LogP contribution in [0.25, 0.3) is 33.6 Å². The fraction of sp³-hybridized carbons (Fsp3) is 0.0417. The van der Waals surface area contributed by atoms with Gasteiger partial charge in [0.2, 0.25) is 0 Å². The minimum atomic E-state index is -0.332. The van der Waals surface area contributed by atoms with Crippen molar-refractivity contribution in [2.24, 2.45) is 0 Å². The number of phenols is 2. The van der Waals surface area contributed by atoms with Crippen molar-refractivity contribution < 1.29 is 14.6 Å². The second-order valence-electron chi connectivity index (χ2n) is 6.93. The maximum atomic E-state index is 13.8. The predicted molar refractivity (Wildman–Crippen MR) is 107 cm³/mol. The van der Waals surface area contributed by atoms with E-state index in [4.69, 9.17) is 4.98 Å². The van der Waals surface area contributed by atoms with Gasteiger partial charge in [0.25, 0.3) is 0 Å². The smallest absolute Gasteiger partial charge is 0.123 e. The van der Waals surface area contributed by atoms with Gasteiger partial charge >= 0.3 is 0 Å². The maximum Gasteiger partial charge on any atom is 0.123 e. The molecule has 2 N–H and O–H groups in total. The van der Waals surface area contributed by atoms with Gasteiger partial charge in [-0.1, -0.05) is 36.4 Å². The predicted octanol–water partition coefficient (Wildman–Crippen LogP) is 5.54. The summed E-state index contributed by atoms with van der Waals surface area (Å²) in [6, 6.07) is 20.6. The summed E-state index contributed by atoms with van der Waals surface area (Å²) in [4.78, 5) is 4.80. The van der Waals surface area contributed by atoms with Crippen LogP contribution in [0.2, 0.25) is 0 Å². The first kappa shape index (κ1) is 16.5. The van der Waals surface area contributed by atoms with Gasteiger partial charge in [-0.25, -0.2) is 9.37 Å². The van der Waals surface area contributed by atoms with Crippen molar-refractivity contribution in [2.75, 3.05) is 0 Å². The molecule has 3 aromatic carbocycles. The number of benzene rings is 3. The first-order valence-corrected chi connectivity index (χ1v) is 9.00. The first-order valence-electron chi connectivity index (χ1n) is 9.00. The van der Waals surface area contributed by atoms with Gasteiger partial charge in [0.1, 0.15) is 17.3 Å². The minimum Gasteiger partial charge on any atom is -0.508 e. The van der Waals surface area contributed by atoms with Crippen LogP contribution in [0, 0.1) is 5.82 Å². The molecular formula is C24H16FNO2. The van der Waals surface area contributed by atoms with Gasteiger partial charge in [-0.15, -0.1) is 0 Å². The molecule has 0 aliphatic heterocycles. The quantitative estimate of drug-likeness (QED) is 0.430. The molecular weight excluding hydrogens is 353 g/mol. The lowest BCUT2D eigenvalue weighted by Crippen LogP contribution is -1.95. The third-order valence-corrected chi connectivity index (χ3v) is 5.15. The molecule has 0 radical (unpaired) electrons. The van der Waals surface area contributed by atoms with Crippen LogP contribution < -0.4 is 0 Å². The van der Waals surface area contributed by atoms with Crippen LogP contribution in [0.4, 0.5) is 4.39 Å². The fourth-order valence-electron chi connectivity index (χ4n) is 3.84. The molecule has 3 nitrogen and oxygen atoms in total. The lowest BCUT2D eigenvalue weighted by molar-refractivity contribution is 0.475. The van der Waals surface area contributed by atoms with Crippen molar-refractivity contribution in [3.8, 4) is 45.1 Å². The number of aromatic nitrogens is 1. The molecule has 0 bridgehead atoms. The highest BCUT2D eigenvalue weighted by Crippen LogP contribution is 2.45. The molecule has 1 aliphatic rings. The van der Waals surface area contributed by atoms with E-state index in [2.05, 4.69) is 0 Å². The van der Waals surface area contributed by atoms with Gasteiger partial charge in [-0.05, 0) is 53.1 Å². The van der Waals surface area contributed by atoms with Crippen LogP contribution in [0.3, 0.4) is 0 Å². The summed E-state index contributed by atoms with van der Waals surface area (Å²) < 4.78 is 13.8. The van der Waals surface area contributed by atoms with Crippen molar-refractivity contribution in [3.63, 3.8) is 0 Å². The number of fused-ring (bicyclic) bond motifs is 3. The van der Waals surface area contributed by atoms with E-state index in [1.807, 2.05) is 30.3 Å². The Balaban J connectivity index is 1.82. The molecule has 136 valence electrons. The molecule has 0 amide bonds. The van der Waals surface area contributed by atoms with Crippen molar-refractivity contribution in [1.82, 2.24) is 4.98 Å². The Bertz CT molecular complexity index is 1230. The van der Waals surface area contributed by atoms with Gasteiger partial charge in [-0.2, -0.15) is 0 Å². The van der Waals surface area contributed by atoms with Crippen LogP contribution in [-0.4, -0.2) is 15.2 Å². The Labute approximate surface area is 161 Å². The highest BCUT2D eigenvalue weighted by atomic mass is 19.1. The summed E-state index contributed by atoms with van der Waals surface area (Å²) >= 11 is 0. The Kier molecular flexibility index (Phi) is 3.66. The lowest BCUT2D eigenvalue weighted by Gasteiger charge is -2.13. The van der Waals surface area contributed by atoms with Crippen LogP contribution >= 0.6 is 0 Å². The summed E-state index contributed by atoms with van der Waals surface area (Å²) in [5, 5.41) is 20.4. The third-order valence-electron chi connectivity index (χ3n) is 5.15. The van der Waals surface area contributed by atoms with Gasteiger partial charge in [0.15, 0.2) is 0 Å². The standard InChI is InChI=1S/C24H16FNO2/c25-16-5-3-4-15(10-16)22-13-20(18-6-1-2-7-23(18)28)21-11-14-8-9-17(27)12-19(14)24(21)26-22/h1-10,12-13,27-28H,11H2. The molecule has 4 heteroatoms. The number of phenolic OH excluding ortho intramolecular Hbond substituents is 2. The van der Waals surface area contributed by atoms with E-state index >= 15 is 0 Å². The lowest BCUT2D eigenvalue weighted by atomic mass is 9.95. The molecule has 1 heterocycles. The average molecular weight is 369 g/mol. The van der Waals surface area contributed by atoms with E-state index in [1.165, 1.54) is 12.1 Å². The topological polar surface area (TPSA) is 53.4 Å². The molecule has 0 saturated carbocycles. The zero-order valence-electron chi connectivity index (χ0n) is 14.9. The van der Waals surface area contributed by atoms with E-state index in [9.17, 15) is 14.6 Å². The van der Waals surface area contributed by atoms with Crippen LogP contribution in [0.15, 0.2) is 72.8 Å². The Morgan fingerprint density at radius 3 is 2.46 bits per heavy atom. The molecule has 5 rings (SSSR count). The van der Waals surface area contributed by atoms with E-state index < -0.39 is 0 Å². The van der Waals surface area contributed by atoms with Gasteiger partial charge in [-0.3, -0.25) is 0 Å². The molecule has 4 aromatic rings. The minimum absolute atomic E-state index is 0.175. The number of halogens is 1. The van der Waals surface area contributed by atoms with Crippen molar-refractivity contribution in [2.45, 2.75) is 6.42 Å². The molecule has 1 aromatic heterocycles. The number of para-hydroxylation sites is 1. The van der Waals surface area contributed by atoms with Gasteiger partial charge < -0.3 is 10.2 Å². The SMILES string of the molecule is Oc1ccc2c(c1)-c1nc(-c3cccc(F)c3)cc(-c3ccccc3O)c1C2. The second kappa shape index (κ2) is 6.20. The number of hydrogen-bond acceptors (Lipinski definition) is 3. The van der Waals surface area contributed by atoms with E-state index in [0.29, 0.717) is 23.2 Å². The highest BCUT2D eigenvalue weighted by Gasteiger charge is 2.26. The van der Waals surface area contributed by atoms with Crippen molar-refractivity contribution in [3.05, 3.63) is 89.7 Å². The third kappa shape index (κ3) is 2.62. The van der Waals surface area contributed by atoms with Gasteiger partial charge in [0.05, 0.1) is 11.4 Å². The Morgan fingerprint density at radius 2 is 1.64 bits per heavy atom. The molecule has 0 atom stereocenters. The monoisotopic (exact) mass is 369 g/mol. The Hall–Kier alpha value is -3.66. The molecule has 28 heavy (non-hydrogen) atoms. The van der Waals surface area contributed by atoms with E-state index in [1.54, 1.807) is 30.3 Å². The number of nitrogens with zero attached hydrogens (tertiary/aromatic N) is 1. The fourth-order valence-corrected chi connectivity index (χ4v) is 3.84. The van der Waals surface area contributed by atoms with E-state index in [0.717, 1.165) is 27.9 Å². The second-order valence-corrected chi connectivity index (χ2v) is 6.93. The summed E-state index contributed by atoms with van der Waals surface area (Å²) in [7, 11) is 0. The van der Waals surface area contributed by atoms with Crippen molar-refractivity contribution in [1.29, 1.82) is 0 Å². The molecule has 0 saturated heterocycles. The number of aromatic hydroxyl groups is 2. The number of rotatable bonds is 2. The van der Waals surface area contributed by atoms with E-state index in [-0.39, 0.29) is 17.3 Å². The number of pyridine rings is 1. The molecule has 0 unspecified atom stereocenters. The molecule has 0 fully saturated rings. The first-order chi connectivity index (χ1) is 13.6. The molecule has 1 aliphatic carbocycles. The number of hydrogen-bond donors (Lipinski definition) is 2. The summed E-state index contributed by atoms with van der Waals surface area (Å²) in [5.41, 5.74) is 6.51. The maximum absolute atomic E-state index is 13.8. The average Bonchev–Trinajstić information content (AvgIpc) is 3.06. The van der Waals surface area contributed by atoms with Gasteiger partial charge in [0, 0.05) is 23.1 Å². The summed E-state index contributed by atoms with van der Waals surface area (Å²) in [5.74, 6) is 0.0236. The van der Waals surface area contributed by atoms with Crippen LogP contribution in [0.1, 0.15) is 11.1 Å². The summed E-state index contributed by atoms with van der Waals surface area (Å²) in [6.45, 7) is 0. The largest absolute Gasteiger partial charge is 0.508 e. The zero-order valence-corrected chi connectivity index (χ0v) is 14.9. The van der Waals surface area contributed by atoms with Crippen LogP contribution in [-0.2, 0) is 6.42 Å². The zero-order chi connectivity index (χ0) is 19.3. The summed E-state index contributed by atoms with van der Waals surface area (Å²) in [6.07, 6.45) is 0.658. The van der Waals surface area contributed by atoms with Crippen molar-refractivity contribution >= 4 is 0 Å². The molecule has 0 spiro atoms. The highest BCUT2D eigenvalue weighted by molar-refractivity contribution is 5.87. The Morgan fingerprint density at radius 1 is 0.786 bits per heavy atom. The van der Waals surface area contributed by atoms with Crippen LogP contribution in [0.5, 0.6) is 11.5 Å².